The number of hydrogen-bond acceptors (Lipinski definition) is 8. The molecule has 0 spiro atoms. The number of alkyl halides is 2. The zero-order valence-corrected chi connectivity index (χ0v) is 24.7. The van der Waals surface area contributed by atoms with Crippen molar-refractivity contribution in [1.29, 1.82) is 0 Å². The van der Waals surface area contributed by atoms with Gasteiger partial charge in [0, 0.05) is 12.0 Å². The van der Waals surface area contributed by atoms with Crippen molar-refractivity contribution >= 4 is 39.3 Å². The quantitative estimate of drug-likeness (QED) is 0.193. The Labute approximate surface area is 252 Å². The summed E-state index contributed by atoms with van der Waals surface area (Å²) in [5, 5.41) is 0.597. The molecule has 1 aliphatic rings. The molecule has 4 rings (SSSR count). The molecule has 0 unspecified atom stereocenters. The number of carbonyl (C=O) groups excluding carboxylic acids is 1. The van der Waals surface area contributed by atoms with Gasteiger partial charge in [-0.15, -0.1) is 0 Å². The molecule has 9 nitrogen and oxygen atoms in total. The molecule has 0 bridgehead atoms. The molecule has 1 saturated carbocycles. The second-order valence-electron chi connectivity index (χ2n) is 9.84. The standard InChI is InChI=1S/C28H28Cl2F2N2O7S/c1-42(36,37)41-19-7-4-16(5-8-19)10-23(33)27(35)39-25(12-20-21(29)13-34-14-22(20)30)18-6-9-24(40-28(31)32)26(11-18)38-15-17-2-3-17/h4-9,11,13-14,17,23,25,28H,2-3,10,12,15,33H2,1H3/p+1/t23-,25-/m0/s1. The zero-order chi connectivity index (χ0) is 30.4. The van der Waals surface area contributed by atoms with E-state index < -0.39 is 34.8 Å². The van der Waals surface area contributed by atoms with E-state index in [1.165, 1.54) is 42.7 Å². The third kappa shape index (κ3) is 9.41. The number of aromatic amines is 1. The van der Waals surface area contributed by atoms with Crippen LogP contribution in [0.25, 0.3) is 0 Å². The number of nitrogens with two attached hydrogens (primary N) is 1. The summed E-state index contributed by atoms with van der Waals surface area (Å²) in [7, 11) is -3.69. The van der Waals surface area contributed by atoms with Crippen LogP contribution >= 0.6 is 23.2 Å². The van der Waals surface area contributed by atoms with Crippen LogP contribution in [0.1, 0.15) is 35.6 Å². The smallest absolute Gasteiger partial charge is 0.387 e. The van der Waals surface area contributed by atoms with E-state index in [1.54, 1.807) is 12.1 Å². The number of esters is 1. The first-order chi connectivity index (χ1) is 19.9. The number of carbonyl (C=O) groups is 1. The molecule has 0 aliphatic heterocycles. The topological polar surface area (TPSA) is 128 Å². The molecule has 1 aromatic heterocycles. The number of halogens is 4. The van der Waals surface area contributed by atoms with Crippen LogP contribution < -0.4 is 24.4 Å². The van der Waals surface area contributed by atoms with Crippen LogP contribution in [0.2, 0.25) is 10.0 Å². The fourth-order valence-corrected chi connectivity index (χ4v) is 5.02. The van der Waals surface area contributed by atoms with Crippen molar-refractivity contribution in [3.05, 3.63) is 81.6 Å². The highest BCUT2D eigenvalue weighted by molar-refractivity contribution is 7.86. The Morgan fingerprint density at radius 1 is 1.05 bits per heavy atom. The van der Waals surface area contributed by atoms with Gasteiger partial charge in [-0.3, -0.25) is 4.79 Å². The highest BCUT2D eigenvalue weighted by atomic mass is 35.5. The number of H-pyrrole nitrogens is 1. The van der Waals surface area contributed by atoms with Gasteiger partial charge in [0.25, 0.3) is 0 Å². The largest absolute Gasteiger partial charge is 0.489 e. The molecule has 3 N–H and O–H groups in total. The second-order valence-corrected chi connectivity index (χ2v) is 12.2. The summed E-state index contributed by atoms with van der Waals surface area (Å²) in [4.78, 5) is 16.0. The summed E-state index contributed by atoms with van der Waals surface area (Å²) < 4.78 is 69.9. The first-order valence-electron chi connectivity index (χ1n) is 12.9. The molecule has 3 aromatic rings. The highest BCUT2D eigenvalue weighted by Crippen LogP contribution is 2.37. The fourth-order valence-electron chi connectivity index (χ4n) is 4.03. The van der Waals surface area contributed by atoms with Crippen molar-refractivity contribution in [2.75, 3.05) is 12.9 Å². The monoisotopic (exact) mass is 645 g/mol. The van der Waals surface area contributed by atoms with Gasteiger partial charge < -0.3 is 24.1 Å². The van der Waals surface area contributed by atoms with Crippen LogP contribution in [0.15, 0.2) is 54.9 Å². The summed E-state index contributed by atoms with van der Waals surface area (Å²) in [6, 6.07) is 9.25. The Morgan fingerprint density at radius 3 is 2.31 bits per heavy atom. The van der Waals surface area contributed by atoms with Gasteiger partial charge >= 0.3 is 22.7 Å². The van der Waals surface area contributed by atoms with Gasteiger partial charge in [-0.1, -0.05) is 41.4 Å². The lowest BCUT2D eigenvalue weighted by atomic mass is 10.0. The summed E-state index contributed by atoms with van der Waals surface area (Å²) in [6.45, 7) is -2.73. The van der Waals surface area contributed by atoms with Gasteiger partial charge in [-0.2, -0.15) is 17.2 Å². The minimum atomic E-state index is -3.69. The van der Waals surface area contributed by atoms with Gasteiger partial charge in [-0.05, 0) is 60.6 Å². The Kier molecular flexibility index (Phi) is 10.5. The maximum Gasteiger partial charge on any atom is 0.387 e. The molecular formula is C28H29Cl2F2N2O7S+. The summed E-state index contributed by atoms with van der Waals surface area (Å²) in [6.07, 6.45) is 5.08. The Balaban J connectivity index is 1.57. The van der Waals surface area contributed by atoms with Crippen LogP contribution in [0.3, 0.4) is 0 Å². The van der Waals surface area contributed by atoms with Crippen molar-refractivity contribution in [2.45, 2.75) is 44.4 Å². The Hall–Kier alpha value is -3.19. The van der Waals surface area contributed by atoms with Gasteiger partial charge in [-0.25, -0.2) is 4.98 Å². The van der Waals surface area contributed by atoms with E-state index in [-0.39, 0.29) is 30.1 Å². The lowest BCUT2D eigenvalue weighted by Crippen LogP contribution is -2.35. The van der Waals surface area contributed by atoms with Crippen molar-refractivity contribution in [3.63, 3.8) is 0 Å². The van der Waals surface area contributed by atoms with Gasteiger partial charge in [0.15, 0.2) is 23.9 Å². The highest BCUT2D eigenvalue weighted by Gasteiger charge is 2.28. The molecule has 42 heavy (non-hydrogen) atoms. The van der Waals surface area contributed by atoms with E-state index in [1.807, 2.05) is 0 Å². The van der Waals surface area contributed by atoms with E-state index in [2.05, 4.69) is 9.72 Å². The number of ether oxygens (including phenoxy) is 3. The molecule has 0 radical (unpaired) electrons. The fraction of sp³-hybridized carbons (Fsp3) is 0.357. The van der Waals surface area contributed by atoms with Crippen LogP contribution in [-0.2, 0) is 32.5 Å². The summed E-state index contributed by atoms with van der Waals surface area (Å²) >= 11 is 12.7. The second kappa shape index (κ2) is 13.9. The van der Waals surface area contributed by atoms with Crippen LogP contribution in [0.4, 0.5) is 8.78 Å². The first kappa shape index (κ1) is 31.7. The third-order valence-electron chi connectivity index (χ3n) is 6.30. The van der Waals surface area contributed by atoms with Crippen molar-refractivity contribution in [1.82, 2.24) is 0 Å². The average molecular weight is 647 g/mol. The Morgan fingerprint density at radius 2 is 1.71 bits per heavy atom. The average Bonchev–Trinajstić information content (AvgIpc) is 3.74. The maximum atomic E-state index is 13.2. The SMILES string of the molecule is CS(=O)(=O)Oc1ccc(C[C@H](N)C(=O)O[C@@H](Cc2c(Cl)c[nH+]cc2Cl)c2ccc(OC(F)F)c(OCC3CC3)c2)cc1. The van der Waals surface area contributed by atoms with Crippen LogP contribution in [0, 0.1) is 5.92 Å². The molecule has 1 fully saturated rings. The van der Waals surface area contributed by atoms with E-state index in [9.17, 15) is 22.0 Å². The maximum absolute atomic E-state index is 13.2. The predicted octanol–water partition coefficient (Wildman–Crippen LogP) is 4.93. The molecule has 2 aromatic carbocycles. The first-order valence-corrected chi connectivity index (χ1v) is 15.4. The van der Waals surface area contributed by atoms with Crippen LogP contribution in [0.5, 0.6) is 17.2 Å². The molecule has 1 aliphatic carbocycles. The molecule has 0 saturated heterocycles. The lowest BCUT2D eigenvalue weighted by molar-refractivity contribution is -0.377. The van der Waals surface area contributed by atoms with E-state index in [0.717, 1.165) is 19.1 Å². The summed E-state index contributed by atoms with van der Waals surface area (Å²) in [5.41, 5.74) is 7.71. The molecule has 226 valence electrons. The molecular weight excluding hydrogens is 617 g/mol. The number of rotatable bonds is 14. The molecule has 1 heterocycles. The van der Waals surface area contributed by atoms with Crippen molar-refractivity contribution < 1.29 is 45.4 Å². The van der Waals surface area contributed by atoms with Gasteiger partial charge in [0.05, 0.1) is 12.9 Å². The minimum absolute atomic E-state index is 0.0411. The number of benzene rings is 2. The zero-order valence-electron chi connectivity index (χ0n) is 22.4. The Bertz CT molecular complexity index is 1490. The van der Waals surface area contributed by atoms with Gasteiger partial charge in [0.2, 0.25) is 0 Å². The van der Waals surface area contributed by atoms with Gasteiger partial charge in [0.1, 0.15) is 27.9 Å². The van der Waals surface area contributed by atoms with E-state index >= 15 is 0 Å². The summed E-state index contributed by atoms with van der Waals surface area (Å²) in [5.74, 6) is -0.361. The van der Waals surface area contributed by atoms with Crippen molar-refractivity contribution in [2.24, 2.45) is 11.7 Å². The molecule has 0 amide bonds. The van der Waals surface area contributed by atoms with E-state index in [0.29, 0.717) is 39.3 Å². The predicted molar refractivity (Wildman–Crippen MR) is 150 cm³/mol. The van der Waals surface area contributed by atoms with Crippen molar-refractivity contribution in [3.8, 4) is 17.2 Å². The van der Waals surface area contributed by atoms with Crippen LogP contribution in [-0.4, -0.2) is 39.9 Å². The number of aromatic nitrogens is 1. The molecule has 2 atom stereocenters. The minimum Gasteiger partial charge on any atom is -0.489 e. The number of nitrogens with one attached hydrogen (secondary N) is 1. The third-order valence-corrected chi connectivity index (χ3v) is 7.47. The number of pyridine rings is 1. The lowest BCUT2D eigenvalue weighted by Gasteiger charge is -2.23. The molecule has 14 heteroatoms. The normalized spacial score (nSPS) is 14.7. The van der Waals surface area contributed by atoms with E-state index in [4.69, 9.17) is 42.6 Å². The number of hydrogen-bond donors (Lipinski definition) is 1.